The minimum absolute atomic E-state index is 0. The standard InChI is InChI=1S/C3HBrClN3O3.Mg.2H/c4-7-1(9)6-2(10)8(5)3(7)11;;;/h(H,6,9,10);;;/q;+2;2*-1. The van der Waals surface area contributed by atoms with Gasteiger partial charge >= 0.3 is 40.1 Å². The van der Waals surface area contributed by atoms with Gasteiger partial charge in [0.15, 0.2) is 0 Å². The molecule has 1 rings (SSSR count). The van der Waals surface area contributed by atoms with Crippen LogP contribution in [0, 0.1) is 0 Å². The molecule has 0 aliphatic rings. The summed E-state index contributed by atoms with van der Waals surface area (Å²) >= 11 is 7.71. The van der Waals surface area contributed by atoms with E-state index in [1.54, 1.807) is 4.98 Å². The first-order valence-electron chi connectivity index (χ1n) is 2.34. The zero-order valence-corrected chi connectivity index (χ0v) is 9.34. The number of rotatable bonds is 0. The molecule has 64 valence electrons. The predicted molar refractivity (Wildman–Crippen MR) is 49.1 cm³/mol. The number of hydrogen-bond acceptors (Lipinski definition) is 3. The number of aromatic nitrogens is 3. The Bertz CT molecular complexity index is 418. The molecule has 9 heteroatoms. The summed E-state index contributed by atoms with van der Waals surface area (Å²) in [5.74, 6) is 0. The van der Waals surface area contributed by atoms with Crippen LogP contribution in [0.4, 0.5) is 0 Å². The summed E-state index contributed by atoms with van der Waals surface area (Å²) in [6.07, 6.45) is 0. The van der Waals surface area contributed by atoms with Crippen LogP contribution in [0.2, 0.25) is 0 Å². The third kappa shape index (κ3) is 2.00. The van der Waals surface area contributed by atoms with Gasteiger partial charge in [-0.2, -0.15) is 7.68 Å². The average molecular weight is 269 g/mol. The Morgan fingerprint density at radius 3 is 2.33 bits per heavy atom. The third-order valence-electron chi connectivity index (χ3n) is 0.906. The van der Waals surface area contributed by atoms with Gasteiger partial charge in [0.05, 0.1) is 16.1 Å². The average Bonchev–Trinajstić information content (AvgIpc) is 1.97. The van der Waals surface area contributed by atoms with Gasteiger partial charge in [0.25, 0.3) is 0 Å². The van der Waals surface area contributed by atoms with E-state index in [1.165, 1.54) is 0 Å². The van der Waals surface area contributed by atoms with Gasteiger partial charge in [0.2, 0.25) is 0 Å². The molecule has 1 aromatic heterocycles. The molecule has 0 unspecified atom stereocenters. The largest absolute Gasteiger partial charge is 2.00 e. The molecule has 0 fully saturated rings. The van der Waals surface area contributed by atoms with Crippen molar-refractivity contribution in [1.29, 1.82) is 0 Å². The van der Waals surface area contributed by atoms with Gasteiger partial charge in [0, 0.05) is 11.8 Å². The van der Waals surface area contributed by atoms with E-state index in [0.29, 0.717) is 3.59 Å². The molecule has 1 aromatic rings. The Kier molecular flexibility index (Phi) is 4.24. The van der Waals surface area contributed by atoms with Crippen molar-refractivity contribution in [1.82, 2.24) is 12.7 Å². The van der Waals surface area contributed by atoms with Gasteiger partial charge < -0.3 is 2.85 Å². The summed E-state index contributed by atoms with van der Waals surface area (Å²) in [6.45, 7) is 0. The van der Waals surface area contributed by atoms with E-state index >= 15 is 0 Å². The third-order valence-corrected chi connectivity index (χ3v) is 1.83. The number of nitrogens with zero attached hydrogens (tertiary/aromatic N) is 2. The summed E-state index contributed by atoms with van der Waals surface area (Å²) in [7, 11) is 0. The minimum Gasteiger partial charge on any atom is -1.00 e. The predicted octanol–water partition coefficient (Wildman–Crippen LogP) is -1.30. The Hall–Kier alpha value is -0.0538. The van der Waals surface area contributed by atoms with E-state index in [-0.39, 0.29) is 30.0 Å². The maximum Gasteiger partial charge on any atom is 2.00 e. The second-order valence-electron chi connectivity index (χ2n) is 1.58. The summed E-state index contributed by atoms with van der Waals surface area (Å²) in [5, 5.41) is 0. The topological polar surface area (TPSA) is 76.9 Å². The molecule has 0 amide bonds. The Morgan fingerprint density at radius 2 is 1.83 bits per heavy atom. The van der Waals surface area contributed by atoms with Gasteiger partial charge in [-0.05, 0) is 0 Å². The molecule has 12 heavy (non-hydrogen) atoms. The number of H-pyrrole nitrogens is 1. The fraction of sp³-hybridized carbons (Fsp3) is 0. The second-order valence-corrected chi connectivity index (χ2v) is 2.63. The van der Waals surface area contributed by atoms with Crippen molar-refractivity contribution >= 4 is 51.0 Å². The van der Waals surface area contributed by atoms with Crippen molar-refractivity contribution in [3.05, 3.63) is 31.5 Å². The van der Waals surface area contributed by atoms with Crippen LogP contribution in [0.15, 0.2) is 14.4 Å². The maximum atomic E-state index is 10.7. The van der Waals surface area contributed by atoms with Crippen molar-refractivity contribution in [3.8, 4) is 0 Å². The molecular formula is C3H3BrClMgN3O3. The monoisotopic (exact) mass is 267 g/mol. The Morgan fingerprint density at radius 1 is 1.33 bits per heavy atom. The first-order valence-corrected chi connectivity index (χ1v) is 3.39. The van der Waals surface area contributed by atoms with E-state index < -0.39 is 17.1 Å². The van der Waals surface area contributed by atoms with Crippen molar-refractivity contribution in [2.45, 2.75) is 0 Å². The molecule has 0 saturated heterocycles. The number of halogens is 2. The number of nitrogens with one attached hydrogen (secondary N) is 1. The fourth-order valence-corrected chi connectivity index (χ4v) is 0.897. The normalized spacial score (nSPS) is 9.17. The van der Waals surface area contributed by atoms with E-state index in [2.05, 4.69) is 16.1 Å². The fourth-order valence-electron chi connectivity index (χ4n) is 0.440. The summed E-state index contributed by atoms with van der Waals surface area (Å²) < 4.78 is 0.748. The molecule has 6 nitrogen and oxygen atoms in total. The van der Waals surface area contributed by atoms with Crippen LogP contribution in [0.3, 0.4) is 0 Å². The second kappa shape index (κ2) is 4.26. The summed E-state index contributed by atoms with van der Waals surface area (Å²) in [6, 6.07) is 0. The molecule has 0 aliphatic heterocycles. The van der Waals surface area contributed by atoms with Crippen molar-refractivity contribution in [2.24, 2.45) is 0 Å². The van der Waals surface area contributed by atoms with Crippen LogP contribution >= 0.6 is 27.9 Å². The van der Waals surface area contributed by atoms with Crippen LogP contribution in [-0.2, 0) is 0 Å². The van der Waals surface area contributed by atoms with Crippen LogP contribution in [-0.4, -0.2) is 35.7 Å². The molecule has 0 aliphatic carbocycles. The molecular weight excluding hydrogens is 266 g/mol. The van der Waals surface area contributed by atoms with Gasteiger partial charge in [-0.25, -0.2) is 14.4 Å². The summed E-state index contributed by atoms with van der Waals surface area (Å²) in [4.78, 5) is 33.7. The van der Waals surface area contributed by atoms with Gasteiger partial charge in [-0.3, -0.25) is 4.98 Å². The van der Waals surface area contributed by atoms with Crippen LogP contribution in [0.25, 0.3) is 0 Å². The van der Waals surface area contributed by atoms with E-state index in [1.807, 2.05) is 0 Å². The van der Waals surface area contributed by atoms with Crippen molar-refractivity contribution < 1.29 is 2.85 Å². The minimum atomic E-state index is -0.961. The SMILES string of the molecule is O=c1[nH]c(=O)n(Br)c(=O)n1Cl.[H-].[H-].[Mg+2]. The first kappa shape index (κ1) is 11.9. The molecule has 0 spiro atoms. The van der Waals surface area contributed by atoms with E-state index in [9.17, 15) is 14.4 Å². The molecule has 0 aromatic carbocycles. The zero-order chi connectivity index (χ0) is 8.59. The molecule has 0 saturated carbocycles. The maximum absolute atomic E-state index is 10.7. The van der Waals surface area contributed by atoms with Crippen molar-refractivity contribution in [3.63, 3.8) is 0 Å². The van der Waals surface area contributed by atoms with Gasteiger partial charge in [-0.1, -0.05) is 0 Å². The summed E-state index contributed by atoms with van der Waals surface area (Å²) in [5.41, 5.74) is -2.77. The van der Waals surface area contributed by atoms with E-state index in [4.69, 9.17) is 11.8 Å². The molecule has 0 radical (unpaired) electrons. The van der Waals surface area contributed by atoms with Gasteiger partial charge in [0.1, 0.15) is 0 Å². The molecule has 1 heterocycles. The van der Waals surface area contributed by atoms with Crippen LogP contribution in [0.1, 0.15) is 2.85 Å². The smallest absolute Gasteiger partial charge is 1.00 e. The zero-order valence-electron chi connectivity index (χ0n) is 7.58. The quantitative estimate of drug-likeness (QED) is 0.595. The molecule has 0 bridgehead atoms. The van der Waals surface area contributed by atoms with Crippen molar-refractivity contribution in [2.75, 3.05) is 0 Å². The first-order chi connectivity index (χ1) is 5.04. The number of aromatic amines is 1. The molecule has 0 atom stereocenters. The van der Waals surface area contributed by atoms with Crippen LogP contribution < -0.4 is 17.1 Å². The Balaban J connectivity index is -0.000000403. The number of hydrogen-bond donors (Lipinski definition) is 1. The molecule has 1 N–H and O–H groups in total. The Labute approximate surface area is 97.7 Å². The van der Waals surface area contributed by atoms with Crippen LogP contribution in [0.5, 0.6) is 0 Å². The van der Waals surface area contributed by atoms with Gasteiger partial charge in [-0.15, -0.1) is 0 Å². The van der Waals surface area contributed by atoms with E-state index in [0.717, 1.165) is 0 Å².